The lowest BCUT2D eigenvalue weighted by Gasteiger charge is -2.06. The van der Waals surface area contributed by atoms with Crippen molar-refractivity contribution in [1.82, 2.24) is 0 Å². The number of hydrogen-bond donors (Lipinski definition) is 1. The zero-order chi connectivity index (χ0) is 19.1. The van der Waals surface area contributed by atoms with Gasteiger partial charge in [0, 0.05) is 10.6 Å². The van der Waals surface area contributed by atoms with E-state index in [9.17, 15) is 14.4 Å². The molecule has 26 heavy (non-hydrogen) atoms. The minimum Gasteiger partial charge on any atom is -0.497 e. The molecule has 0 atom stereocenters. The molecule has 0 aliphatic heterocycles. The van der Waals surface area contributed by atoms with Gasteiger partial charge in [-0.15, -0.1) is 0 Å². The molecule has 0 fully saturated rings. The Hall–Kier alpha value is -3.06. The predicted octanol–water partition coefficient (Wildman–Crippen LogP) is 3.71. The van der Waals surface area contributed by atoms with Crippen LogP contribution >= 0.6 is 11.6 Å². The maximum Gasteiger partial charge on any atom is 0.310 e. The van der Waals surface area contributed by atoms with Crippen molar-refractivity contribution >= 4 is 34.8 Å². The van der Waals surface area contributed by atoms with Crippen LogP contribution in [0.3, 0.4) is 0 Å². The van der Waals surface area contributed by atoms with Gasteiger partial charge < -0.3 is 9.84 Å². The lowest BCUT2D eigenvalue weighted by Crippen LogP contribution is -2.09. The zero-order valence-electron chi connectivity index (χ0n) is 13.8. The third kappa shape index (κ3) is 5.22. The van der Waals surface area contributed by atoms with Crippen molar-refractivity contribution in [1.29, 1.82) is 0 Å². The average molecular weight is 375 g/mol. The molecule has 0 spiro atoms. The summed E-state index contributed by atoms with van der Waals surface area (Å²) in [4.78, 5) is 34.5. The first kappa shape index (κ1) is 19.3. The van der Waals surface area contributed by atoms with E-state index in [1.54, 1.807) is 30.3 Å². The number of carboxylic acids is 1. The molecule has 1 N–H and O–H groups in total. The van der Waals surface area contributed by atoms with Crippen LogP contribution in [0.25, 0.3) is 0 Å². The van der Waals surface area contributed by atoms with Crippen LogP contribution in [0.5, 0.6) is 5.75 Å². The summed E-state index contributed by atoms with van der Waals surface area (Å²) in [5.74, 6) is -1.52. The molecule has 0 unspecified atom stereocenters. The van der Waals surface area contributed by atoms with Gasteiger partial charge in [0.2, 0.25) is 0 Å². The summed E-state index contributed by atoms with van der Waals surface area (Å²) in [5, 5.41) is 16.5. The first-order valence-electron chi connectivity index (χ1n) is 7.50. The molecule has 0 radical (unpaired) electrons. The Morgan fingerprint density at radius 2 is 1.81 bits per heavy atom. The summed E-state index contributed by atoms with van der Waals surface area (Å²) in [6.45, 7) is -0.384. The molecule has 134 valence electrons. The first-order valence-corrected chi connectivity index (χ1v) is 7.88. The Bertz CT molecular complexity index is 862. The van der Waals surface area contributed by atoms with E-state index in [0.29, 0.717) is 16.3 Å². The number of ketones is 2. The predicted molar refractivity (Wildman–Crippen MR) is 94.5 cm³/mol. The number of rotatable bonds is 8. The number of benzene rings is 2. The number of hydrogen-bond acceptors (Lipinski definition) is 6. The number of halogens is 1. The fourth-order valence-electron chi connectivity index (χ4n) is 2.09. The van der Waals surface area contributed by atoms with E-state index in [-0.39, 0.29) is 23.6 Å². The van der Waals surface area contributed by atoms with E-state index in [1.165, 1.54) is 19.2 Å². The van der Waals surface area contributed by atoms with E-state index in [2.05, 4.69) is 10.2 Å². The number of azo groups is 1. The summed E-state index contributed by atoms with van der Waals surface area (Å²) in [6.07, 6.45) is -0.628. The molecule has 0 aliphatic carbocycles. The van der Waals surface area contributed by atoms with Crippen molar-refractivity contribution in [2.75, 3.05) is 13.7 Å². The van der Waals surface area contributed by atoms with Crippen molar-refractivity contribution in [3.63, 3.8) is 0 Å². The topological polar surface area (TPSA) is 105 Å². The van der Waals surface area contributed by atoms with Crippen molar-refractivity contribution in [2.24, 2.45) is 10.2 Å². The fraction of sp³-hybridized carbons (Fsp3) is 0.167. The normalized spacial score (nSPS) is 10.7. The second-order valence-corrected chi connectivity index (χ2v) is 5.66. The van der Waals surface area contributed by atoms with E-state index in [4.69, 9.17) is 21.4 Å². The summed E-state index contributed by atoms with van der Waals surface area (Å²) in [6, 6.07) is 11.0. The highest BCUT2D eigenvalue weighted by Crippen LogP contribution is 2.27. The smallest absolute Gasteiger partial charge is 0.310 e. The van der Waals surface area contributed by atoms with E-state index < -0.39 is 18.2 Å². The Balaban J connectivity index is 2.24. The van der Waals surface area contributed by atoms with Crippen LogP contribution < -0.4 is 4.74 Å². The van der Waals surface area contributed by atoms with Gasteiger partial charge in [0.05, 0.1) is 18.4 Å². The number of carbonyl (C=O) groups excluding carboxylic acids is 2. The molecule has 2 aromatic carbocycles. The van der Waals surface area contributed by atoms with Crippen LogP contribution in [0.4, 0.5) is 5.69 Å². The van der Waals surface area contributed by atoms with Gasteiger partial charge in [-0.2, -0.15) is 10.2 Å². The van der Waals surface area contributed by atoms with Crippen LogP contribution in [0.1, 0.15) is 22.3 Å². The zero-order valence-corrected chi connectivity index (χ0v) is 14.6. The van der Waals surface area contributed by atoms with Crippen LogP contribution in [0, 0.1) is 0 Å². The Kier molecular flexibility index (Phi) is 6.57. The lowest BCUT2D eigenvalue weighted by atomic mass is 10.0. The van der Waals surface area contributed by atoms with Crippen molar-refractivity contribution in [3.8, 4) is 5.75 Å². The molecule has 0 amide bonds. The third-order valence-electron chi connectivity index (χ3n) is 3.33. The number of carboxylic acid groups (broad SMARTS) is 1. The van der Waals surface area contributed by atoms with Crippen LogP contribution in [0.15, 0.2) is 52.7 Å². The Morgan fingerprint density at radius 3 is 2.42 bits per heavy atom. The molecule has 0 saturated heterocycles. The highest BCUT2D eigenvalue weighted by Gasteiger charge is 2.15. The Morgan fingerprint density at radius 1 is 1.12 bits per heavy atom. The number of nitrogens with zero attached hydrogens (tertiary/aromatic N) is 2. The molecular formula is C18H15ClN2O5. The van der Waals surface area contributed by atoms with Gasteiger partial charge >= 0.3 is 5.97 Å². The number of ether oxygens (including phenoxy) is 1. The van der Waals surface area contributed by atoms with Gasteiger partial charge in [-0.25, -0.2) is 0 Å². The molecular weight excluding hydrogens is 360 g/mol. The van der Waals surface area contributed by atoms with Gasteiger partial charge in [-0.1, -0.05) is 11.6 Å². The number of methoxy groups -OCH3 is 1. The molecule has 0 heterocycles. The molecule has 0 aromatic heterocycles. The lowest BCUT2D eigenvalue weighted by molar-refractivity contribution is -0.139. The van der Waals surface area contributed by atoms with E-state index in [1.807, 2.05) is 0 Å². The van der Waals surface area contributed by atoms with E-state index in [0.717, 1.165) is 0 Å². The van der Waals surface area contributed by atoms with Gasteiger partial charge in [-0.3, -0.25) is 14.4 Å². The molecule has 7 nitrogen and oxygen atoms in total. The summed E-state index contributed by atoms with van der Waals surface area (Å²) < 4.78 is 5.06. The molecule has 0 aliphatic rings. The monoisotopic (exact) mass is 374 g/mol. The quantitative estimate of drug-likeness (QED) is 0.430. The van der Waals surface area contributed by atoms with Gasteiger partial charge in [0.1, 0.15) is 18.7 Å². The average Bonchev–Trinajstić information content (AvgIpc) is 2.61. The molecule has 0 saturated carbocycles. The highest BCUT2D eigenvalue weighted by molar-refractivity contribution is 6.31. The summed E-state index contributed by atoms with van der Waals surface area (Å²) in [5.41, 5.74) is 0.863. The molecule has 2 aromatic rings. The SMILES string of the molecule is COc1ccc(C(=O)c2cc(Cl)ccc2N=NCC(=O)CC(=O)O)cc1. The van der Waals surface area contributed by atoms with Crippen molar-refractivity contribution in [2.45, 2.75) is 6.42 Å². The molecule has 0 bridgehead atoms. The maximum atomic E-state index is 12.7. The largest absolute Gasteiger partial charge is 0.497 e. The minimum atomic E-state index is -1.23. The highest BCUT2D eigenvalue weighted by atomic mass is 35.5. The number of aliphatic carboxylic acids is 1. The van der Waals surface area contributed by atoms with Crippen LogP contribution in [-0.4, -0.2) is 36.3 Å². The molecule has 8 heteroatoms. The van der Waals surface area contributed by atoms with Crippen molar-refractivity contribution in [3.05, 3.63) is 58.6 Å². The minimum absolute atomic E-state index is 0.220. The van der Waals surface area contributed by atoms with E-state index >= 15 is 0 Å². The second-order valence-electron chi connectivity index (χ2n) is 5.23. The first-order chi connectivity index (χ1) is 12.4. The van der Waals surface area contributed by atoms with Gasteiger partial charge in [0.25, 0.3) is 0 Å². The second kappa shape index (κ2) is 8.87. The molecule has 2 rings (SSSR count). The van der Waals surface area contributed by atoms with Gasteiger partial charge in [0.15, 0.2) is 11.6 Å². The standard InChI is InChI=1S/C18H15ClN2O5/c1-26-14-5-2-11(3-6-14)18(25)15-8-12(19)4-7-16(15)21-20-10-13(22)9-17(23)24/h2-8H,9-10H2,1H3,(H,23,24). The summed E-state index contributed by atoms with van der Waals surface area (Å²) in [7, 11) is 1.53. The maximum absolute atomic E-state index is 12.7. The van der Waals surface area contributed by atoms with Gasteiger partial charge in [-0.05, 0) is 42.5 Å². The summed E-state index contributed by atoms with van der Waals surface area (Å²) >= 11 is 5.97. The number of carbonyl (C=O) groups is 3. The Labute approximate surface area is 154 Å². The fourth-order valence-corrected chi connectivity index (χ4v) is 2.26. The third-order valence-corrected chi connectivity index (χ3v) is 3.56. The van der Waals surface area contributed by atoms with Crippen LogP contribution in [-0.2, 0) is 9.59 Å². The van der Waals surface area contributed by atoms with Crippen LogP contribution in [0.2, 0.25) is 5.02 Å². The number of Topliss-reactive ketones (excluding diaryl/α,β-unsaturated/α-hetero) is 1. The van der Waals surface area contributed by atoms with Crippen molar-refractivity contribution < 1.29 is 24.2 Å².